The maximum absolute atomic E-state index is 12.3. The van der Waals surface area contributed by atoms with Gasteiger partial charge in [0, 0.05) is 31.5 Å². The molecular formula is C20H33N7O3S. The van der Waals surface area contributed by atoms with Crippen molar-refractivity contribution in [2.24, 2.45) is 5.92 Å². The Morgan fingerprint density at radius 2 is 1.97 bits per heavy atom. The Bertz CT molecular complexity index is 1050. The third-order valence-corrected chi connectivity index (χ3v) is 6.04. The van der Waals surface area contributed by atoms with Crippen molar-refractivity contribution in [1.29, 1.82) is 4.78 Å². The van der Waals surface area contributed by atoms with Crippen LogP contribution in [0.25, 0.3) is 5.65 Å². The van der Waals surface area contributed by atoms with Crippen molar-refractivity contribution in [3.05, 3.63) is 11.8 Å². The van der Waals surface area contributed by atoms with Crippen molar-refractivity contribution < 1.29 is 13.7 Å². The van der Waals surface area contributed by atoms with Gasteiger partial charge < -0.3 is 15.0 Å². The van der Waals surface area contributed by atoms with Crippen molar-refractivity contribution in [1.82, 2.24) is 24.5 Å². The highest BCUT2D eigenvalue weighted by atomic mass is 32.2. The zero-order valence-electron chi connectivity index (χ0n) is 19.1. The number of ether oxygens (including phenoxy) is 1. The SMILES string of the molecule is CC(C)c1cnn2c(NCC3CCN(C(=O)OC(C)(C)C)CC3)nc(S(C)(=N)=O)nc12. The number of amides is 1. The molecule has 0 bridgehead atoms. The summed E-state index contributed by atoms with van der Waals surface area (Å²) >= 11 is 0. The highest BCUT2D eigenvalue weighted by molar-refractivity contribution is 7.91. The van der Waals surface area contributed by atoms with Gasteiger partial charge in [0.05, 0.1) is 6.20 Å². The van der Waals surface area contributed by atoms with E-state index >= 15 is 0 Å². The maximum atomic E-state index is 12.3. The van der Waals surface area contributed by atoms with Crippen molar-refractivity contribution >= 4 is 27.4 Å². The van der Waals surface area contributed by atoms with Crippen molar-refractivity contribution in [3.63, 3.8) is 0 Å². The van der Waals surface area contributed by atoms with Gasteiger partial charge in [-0.05, 0) is 45.4 Å². The highest BCUT2D eigenvalue weighted by Crippen LogP contribution is 2.24. The molecule has 2 aromatic heterocycles. The Hall–Kier alpha value is -2.43. The summed E-state index contributed by atoms with van der Waals surface area (Å²) in [6.45, 7) is 11.6. The van der Waals surface area contributed by atoms with Gasteiger partial charge in [0.2, 0.25) is 11.1 Å². The molecule has 0 aliphatic carbocycles. The summed E-state index contributed by atoms with van der Waals surface area (Å²) < 4.78 is 27.3. The monoisotopic (exact) mass is 451 g/mol. The number of likely N-dealkylation sites (tertiary alicyclic amines) is 1. The lowest BCUT2D eigenvalue weighted by atomic mass is 9.97. The number of hydrogen-bond acceptors (Lipinski definition) is 8. The van der Waals surface area contributed by atoms with Gasteiger partial charge in [-0.15, -0.1) is 0 Å². The van der Waals surface area contributed by atoms with E-state index < -0.39 is 15.3 Å². The first-order valence-corrected chi connectivity index (χ1v) is 12.5. The van der Waals surface area contributed by atoms with E-state index in [9.17, 15) is 9.00 Å². The number of carbonyl (C=O) groups is 1. The van der Waals surface area contributed by atoms with Gasteiger partial charge in [-0.1, -0.05) is 13.8 Å². The van der Waals surface area contributed by atoms with E-state index in [4.69, 9.17) is 9.52 Å². The molecule has 0 saturated carbocycles. The summed E-state index contributed by atoms with van der Waals surface area (Å²) in [6.07, 6.45) is 4.47. The average Bonchev–Trinajstić information content (AvgIpc) is 3.09. The normalized spacial score (nSPS) is 17.7. The third kappa shape index (κ3) is 5.63. The Morgan fingerprint density at radius 3 is 2.52 bits per heavy atom. The van der Waals surface area contributed by atoms with Gasteiger partial charge in [-0.3, -0.25) is 0 Å². The predicted octanol–water partition coefficient (Wildman–Crippen LogP) is 3.34. The lowest BCUT2D eigenvalue weighted by Gasteiger charge is -2.33. The van der Waals surface area contributed by atoms with Crippen LogP contribution in [0.15, 0.2) is 11.4 Å². The van der Waals surface area contributed by atoms with E-state index in [1.165, 1.54) is 6.26 Å². The molecule has 1 saturated heterocycles. The molecule has 0 aromatic carbocycles. The van der Waals surface area contributed by atoms with E-state index in [0.29, 0.717) is 37.1 Å². The number of carbonyl (C=O) groups excluding carboxylic acids is 1. The van der Waals surface area contributed by atoms with Crippen molar-refractivity contribution in [2.75, 3.05) is 31.2 Å². The van der Waals surface area contributed by atoms with Crippen LogP contribution in [0, 0.1) is 10.7 Å². The number of piperidine rings is 1. The predicted molar refractivity (Wildman–Crippen MR) is 119 cm³/mol. The van der Waals surface area contributed by atoms with Crippen LogP contribution in [0.4, 0.5) is 10.7 Å². The molecule has 0 radical (unpaired) electrons. The number of aromatic nitrogens is 4. The van der Waals surface area contributed by atoms with Crippen LogP contribution in [0.2, 0.25) is 0 Å². The Morgan fingerprint density at radius 1 is 1.32 bits per heavy atom. The fraction of sp³-hybridized carbons (Fsp3) is 0.700. The van der Waals surface area contributed by atoms with E-state index in [1.807, 2.05) is 34.6 Å². The highest BCUT2D eigenvalue weighted by Gasteiger charge is 2.27. The molecular weight excluding hydrogens is 418 g/mol. The van der Waals surface area contributed by atoms with Gasteiger partial charge in [-0.2, -0.15) is 19.6 Å². The maximum Gasteiger partial charge on any atom is 0.410 e. The third-order valence-electron chi connectivity index (χ3n) is 5.16. The molecule has 31 heavy (non-hydrogen) atoms. The molecule has 1 unspecified atom stereocenters. The zero-order chi connectivity index (χ0) is 23.0. The van der Waals surface area contributed by atoms with Crippen molar-refractivity contribution in [3.8, 4) is 0 Å². The van der Waals surface area contributed by atoms with E-state index in [2.05, 4.69) is 20.4 Å². The van der Waals surface area contributed by atoms with Gasteiger partial charge in [0.1, 0.15) is 15.3 Å². The summed E-state index contributed by atoms with van der Waals surface area (Å²) in [5, 5.41) is 7.72. The minimum Gasteiger partial charge on any atom is -0.444 e. The number of nitrogens with zero attached hydrogens (tertiary/aromatic N) is 5. The van der Waals surface area contributed by atoms with Gasteiger partial charge in [0.15, 0.2) is 5.65 Å². The second kappa shape index (κ2) is 8.60. The van der Waals surface area contributed by atoms with Crippen LogP contribution < -0.4 is 5.32 Å². The van der Waals surface area contributed by atoms with Gasteiger partial charge in [0.25, 0.3) is 0 Å². The standard InChI is InChI=1S/C20H33N7O3S/c1-13(2)15-12-23-27-16(15)24-18(31(6,21)29)25-17(27)22-11-14-7-9-26(10-8-14)19(28)30-20(3,4)5/h12-14,21H,7-11H2,1-6H3,(H,22,24,25). The van der Waals surface area contributed by atoms with Crippen LogP contribution in [-0.2, 0) is 14.5 Å². The van der Waals surface area contributed by atoms with Crippen LogP contribution in [0.5, 0.6) is 0 Å². The average molecular weight is 452 g/mol. The van der Waals surface area contributed by atoms with Crippen LogP contribution in [0.3, 0.4) is 0 Å². The Labute approximate surface area is 183 Å². The van der Waals surface area contributed by atoms with E-state index in [0.717, 1.165) is 18.4 Å². The summed E-state index contributed by atoms with van der Waals surface area (Å²) in [7, 11) is -3.07. The molecule has 1 aliphatic heterocycles. The largest absolute Gasteiger partial charge is 0.444 e. The van der Waals surface area contributed by atoms with Crippen LogP contribution in [-0.4, -0.2) is 66.3 Å². The zero-order valence-corrected chi connectivity index (χ0v) is 20.0. The lowest BCUT2D eigenvalue weighted by molar-refractivity contribution is 0.0188. The second-order valence-corrected chi connectivity index (χ2v) is 11.5. The summed E-state index contributed by atoms with van der Waals surface area (Å²) in [4.78, 5) is 22.7. The number of anilines is 1. The van der Waals surface area contributed by atoms with Gasteiger partial charge in [-0.25, -0.2) is 13.8 Å². The number of nitrogens with one attached hydrogen (secondary N) is 2. The van der Waals surface area contributed by atoms with Gasteiger partial charge >= 0.3 is 6.09 Å². The van der Waals surface area contributed by atoms with Crippen LogP contribution >= 0.6 is 0 Å². The molecule has 11 heteroatoms. The molecule has 1 aliphatic rings. The number of hydrogen-bond donors (Lipinski definition) is 2. The number of fused-ring (bicyclic) bond motifs is 1. The minimum absolute atomic E-state index is 0.00430. The molecule has 0 spiro atoms. The van der Waals surface area contributed by atoms with Crippen LogP contribution in [0.1, 0.15) is 58.9 Å². The molecule has 3 heterocycles. The first-order chi connectivity index (χ1) is 14.3. The molecule has 1 atom stereocenters. The second-order valence-electron chi connectivity index (χ2n) is 9.46. The molecule has 1 fully saturated rings. The fourth-order valence-corrected chi connectivity index (χ4v) is 3.97. The lowest BCUT2D eigenvalue weighted by Crippen LogP contribution is -2.42. The Kier molecular flexibility index (Phi) is 6.45. The molecule has 172 valence electrons. The fourth-order valence-electron chi connectivity index (χ4n) is 3.45. The van der Waals surface area contributed by atoms with E-state index in [-0.39, 0.29) is 17.2 Å². The molecule has 10 nitrogen and oxygen atoms in total. The molecule has 1 amide bonds. The molecule has 3 rings (SSSR count). The summed E-state index contributed by atoms with van der Waals surface area (Å²) in [5.74, 6) is 0.960. The smallest absolute Gasteiger partial charge is 0.410 e. The minimum atomic E-state index is -3.07. The first kappa shape index (κ1) is 23.2. The first-order valence-electron chi connectivity index (χ1n) is 10.6. The summed E-state index contributed by atoms with van der Waals surface area (Å²) in [6, 6.07) is 0. The number of rotatable bonds is 5. The quantitative estimate of drug-likeness (QED) is 0.714. The summed E-state index contributed by atoms with van der Waals surface area (Å²) in [5.41, 5.74) is 0.991. The molecule has 2 N–H and O–H groups in total. The molecule has 2 aromatic rings. The van der Waals surface area contributed by atoms with E-state index in [1.54, 1.807) is 15.6 Å². The topological polar surface area (TPSA) is 126 Å². The Balaban J connectivity index is 1.71. The van der Waals surface area contributed by atoms with Crippen molar-refractivity contribution in [2.45, 2.75) is 64.1 Å².